The van der Waals surface area contributed by atoms with Crippen molar-refractivity contribution in [3.63, 3.8) is 0 Å². The van der Waals surface area contributed by atoms with Gasteiger partial charge in [-0.1, -0.05) is 17.3 Å². The number of nitrogens with zero attached hydrogens (tertiary/aromatic N) is 3. The van der Waals surface area contributed by atoms with E-state index in [1.165, 1.54) is 12.1 Å². The molecular weight excluding hydrogens is 415 g/mol. The lowest BCUT2D eigenvalue weighted by molar-refractivity contribution is -0.137. The molecule has 0 N–H and O–H groups in total. The van der Waals surface area contributed by atoms with E-state index in [4.69, 9.17) is 8.94 Å². The second-order valence-corrected chi connectivity index (χ2v) is 6.61. The van der Waals surface area contributed by atoms with E-state index in [0.717, 1.165) is 17.9 Å². The van der Waals surface area contributed by atoms with Crippen LogP contribution in [0.3, 0.4) is 0 Å². The van der Waals surface area contributed by atoms with Crippen molar-refractivity contribution in [1.29, 1.82) is 0 Å². The molecule has 2 aromatic heterocycles. The lowest BCUT2D eigenvalue weighted by atomic mass is 10.1. The van der Waals surface area contributed by atoms with Crippen molar-refractivity contribution in [2.24, 2.45) is 0 Å². The van der Waals surface area contributed by atoms with Gasteiger partial charge < -0.3 is 8.94 Å². The Bertz CT molecular complexity index is 891. The van der Waals surface area contributed by atoms with Crippen LogP contribution in [-0.2, 0) is 12.7 Å². The van der Waals surface area contributed by atoms with Crippen LogP contribution in [0.2, 0.25) is 0 Å². The number of furan rings is 1. The van der Waals surface area contributed by atoms with Crippen molar-refractivity contribution in [3.8, 4) is 11.4 Å². The Morgan fingerprint density at radius 1 is 1.23 bits per heavy atom. The molecule has 1 aromatic carbocycles. The number of rotatable bonds is 5. The Hall–Kier alpha value is -2.13. The normalized spacial score (nSPS) is 13.3. The fourth-order valence-electron chi connectivity index (χ4n) is 2.36. The predicted molar refractivity (Wildman–Crippen MR) is 91.0 cm³/mol. The van der Waals surface area contributed by atoms with Gasteiger partial charge >= 0.3 is 6.18 Å². The zero-order valence-electron chi connectivity index (χ0n) is 13.9. The van der Waals surface area contributed by atoms with Gasteiger partial charge in [0.05, 0.1) is 18.2 Å². The highest BCUT2D eigenvalue weighted by Gasteiger charge is 2.31. The van der Waals surface area contributed by atoms with Gasteiger partial charge in [-0.3, -0.25) is 4.90 Å². The monoisotopic (exact) mass is 429 g/mol. The molecule has 0 aliphatic carbocycles. The summed E-state index contributed by atoms with van der Waals surface area (Å²) in [5.41, 5.74) is -0.505. The number of benzene rings is 1. The van der Waals surface area contributed by atoms with Crippen molar-refractivity contribution in [2.45, 2.75) is 25.7 Å². The first-order chi connectivity index (χ1) is 12.2. The van der Waals surface area contributed by atoms with Gasteiger partial charge in [0.25, 0.3) is 0 Å². The molecule has 3 rings (SSSR count). The molecule has 0 spiro atoms. The van der Waals surface area contributed by atoms with Gasteiger partial charge in [-0.15, -0.1) is 0 Å². The maximum atomic E-state index is 12.8. The maximum absolute atomic E-state index is 12.8. The van der Waals surface area contributed by atoms with Crippen molar-refractivity contribution in [3.05, 3.63) is 58.3 Å². The molecule has 0 bridgehead atoms. The molecule has 0 radical (unpaired) electrons. The van der Waals surface area contributed by atoms with E-state index in [0.29, 0.717) is 17.1 Å². The minimum absolute atomic E-state index is 0.118. The smallest absolute Gasteiger partial charge is 0.416 e. The van der Waals surface area contributed by atoms with Crippen LogP contribution in [0.1, 0.15) is 30.2 Å². The molecule has 0 aliphatic rings. The van der Waals surface area contributed by atoms with E-state index in [1.807, 2.05) is 24.9 Å². The van der Waals surface area contributed by atoms with E-state index in [1.54, 1.807) is 6.07 Å². The van der Waals surface area contributed by atoms with Crippen molar-refractivity contribution in [2.75, 3.05) is 7.05 Å². The Morgan fingerprint density at radius 2 is 2.00 bits per heavy atom. The zero-order chi connectivity index (χ0) is 18.9. The molecule has 0 fully saturated rings. The summed E-state index contributed by atoms with van der Waals surface area (Å²) in [7, 11) is 1.86. The summed E-state index contributed by atoms with van der Waals surface area (Å²) >= 11 is 3.25. The third-order valence-corrected chi connectivity index (χ3v) is 4.37. The van der Waals surface area contributed by atoms with Gasteiger partial charge in [-0.25, -0.2) is 0 Å². The van der Waals surface area contributed by atoms with E-state index in [2.05, 4.69) is 26.1 Å². The van der Waals surface area contributed by atoms with Gasteiger partial charge in [0.2, 0.25) is 11.7 Å². The summed E-state index contributed by atoms with van der Waals surface area (Å²) in [6, 6.07) is 8.23. The quantitative estimate of drug-likeness (QED) is 0.550. The number of halogens is 4. The predicted octanol–water partition coefficient (Wildman–Crippen LogP) is 5.30. The minimum atomic E-state index is -4.42. The summed E-state index contributed by atoms with van der Waals surface area (Å²) in [6.07, 6.45) is -4.42. The first kappa shape index (κ1) is 18.7. The number of hydrogen-bond donors (Lipinski definition) is 0. The van der Waals surface area contributed by atoms with Gasteiger partial charge in [-0.05, 0) is 54.2 Å². The maximum Gasteiger partial charge on any atom is 0.416 e. The van der Waals surface area contributed by atoms with E-state index in [9.17, 15) is 13.2 Å². The van der Waals surface area contributed by atoms with E-state index < -0.39 is 11.7 Å². The Morgan fingerprint density at radius 3 is 2.65 bits per heavy atom. The first-order valence-corrected chi connectivity index (χ1v) is 8.49. The molecule has 3 aromatic rings. The van der Waals surface area contributed by atoms with Gasteiger partial charge in [-0.2, -0.15) is 18.2 Å². The SMILES string of the molecule is CC(c1nc(-c2cccc(C(F)(F)F)c2)no1)N(C)Cc1ccc(Br)o1. The first-order valence-electron chi connectivity index (χ1n) is 7.69. The molecule has 138 valence electrons. The van der Waals surface area contributed by atoms with Crippen molar-refractivity contribution in [1.82, 2.24) is 15.0 Å². The molecule has 5 nitrogen and oxygen atoms in total. The molecule has 0 saturated carbocycles. The van der Waals surface area contributed by atoms with Crippen LogP contribution in [0.4, 0.5) is 13.2 Å². The average molecular weight is 430 g/mol. The largest absolute Gasteiger partial charge is 0.453 e. The fourth-order valence-corrected chi connectivity index (χ4v) is 2.70. The molecule has 0 amide bonds. The van der Waals surface area contributed by atoms with E-state index >= 15 is 0 Å². The third kappa shape index (κ3) is 4.16. The standard InChI is InChI=1S/C17H15BrF3N3O2/c1-10(24(2)9-13-6-7-14(18)25-13)16-22-15(23-26-16)11-4-3-5-12(8-11)17(19,20)21/h3-8,10H,9H2,1-2H3. The summed E-state index contributed by atoms with van der Waals surface area (Å²) < 4.78 is 49.9. The van der Waals surface area contributed by atoms with Crippen LogP contribution in [0.15, 0.2) is 50.0 Å². The molecule has 9 heteroatoms. The lowest BCUT2D eigenvalue weighted by Crippen LogP contribution is -2.21. The van der Waals surface area contributed by atoms with Crippen molar-refractivity contribution >= 4 is 15.9 Å². The van der Waals surface area contributed by atoms with Crippen LogP contribution < -0.4 is 0 Å². The third-order valence-electron chi connectivity index (χ3n) is 3.94. The van der Waals surface area contributed by atoms with Crippen LogP contribution in [-0.4, -0.2) is 22.1 Å². The molecular formula is C17H15BrF3N3O2. The van der Waals surface area contributed by atoms with Gasteiger partial charge in [0.15, 0.2) is 4.67 Å². The number of hydrogen-bond acceptors (Lipinski definition) is 5. The molecule has 2 heterocycles. The minimum Gasteiger partial charge on any atom is -0.453 e. The van der Waals surface area contributed by atoms with Crippen molar-refractivity contribution < 1.29 is 22.1 Å². The number of aromatic nitrogens is 2. The Balaban J connectivity index is 1.76. The van der Waals surface area contributed by atoms with E-state index in [-0.39, 0.29) is 17.4 Å². The highest BCUT2D eigenvalue weighted by atomic mass is 79.9. The summed E-state index contributed by atoms with van der Waals surface area (Å²) in [5, 5.41) is 3.81. The summed E-state index contributed by atoms with van der Waals surface area (Å²) in [4.78, 5) is 6.17. The number of alkyl halides is 3. The fraction of sp³-hybridized carbons (Fsp3) is 0.294. The molecule has 1 unspecified atom stereocenters. The Kier molecular flexibility index (Phi) is 5.19. The molecule has 0 aliphatic heterocycles. The second kappa shape index (κ2) is 7.24. The summed E-state index contributed by atoms with van der Waals surface area (Å²) in [5.74, 6) is 1.18. The van der Waals surface area contributed by atoms with Crippen LogP contribution in [0, 0.1) is 0 Å². The average Bonchev–Trinajstić information content (AvgIpc) is 3.23. The topological polar surface area (TPSA) is 55.3 Å². The second-order valence-electron chi connectivity index (χ2n) is 5.83. The molecule has 0 saturated heterocycles. The van der Waals surface area contributed by atoms with Crippen LogP contribution >= 0.6 is 15.9 Å². The highest BCUT2D eigenvalue weighted by Crippen LogP contribution is 2.32. The highest BCUT2D eigenvalue weighted by molar-refractivity contribution is 9.10. The zero-order valence-corrected chi connectivity index (χ0v) is 15.5. The Labute approximate surface area is 155 Å². The molecule has 26 heavy (non-hydrogen) atoms. The molecule has 1 atom stereocenters. The van der Waals surface area contributed by atoms with Crippen LogP contribution in [0.25, 0.3) is 11.4 Å². The van der Waals surface area contributed by atoms with Crippen LogP contribution in [0.5, 0.6) is 0 Å². The lowest BCUT2D eigenvalue weighted by Gasteiger charge is -2.20. The van der Waals surface area contributed by atoms with Gasteiger partial charge in [0, 0.05) is 5.56 Å². The van der Waals surface area contributed by atoms with Gasteiger partial charge in [0.1, 0.15) is 5.76 Å². The summed E-state index contributed by atoms with van der Waals surface area (Å²) in [6.45, 7) is 2.37.